The van der Waals surface area contributed by atoms with Crippen molar-refractivity contribution in [2.45, 2.75) is 30.9 Å². The van der Waals surface area contributed by atoms with Gasteiger partial charge in [-0.3, -0.25) is 4.79 Å². The molecule has 18 heavy (non-hydrogen) atoms. The molecule has 0 saturated carbocycles. The zero-order chi connectivity index (χ0) is 13.0. The maximum atomic E-state index is 11.3. The lowest BCUT2D eigenvalue weighted by atomic mass is 10.2. The van der Waals surface area contributed by atoms with E-state index in [1.54, 1.807) is 30.0 Å². The van der Waals surface area contributed by atoms with Gasteiger partial charge in [0.25, 0.3) is 0 Å². The minimum atomic E-state index is 0.111. The number of benzene rings is 1. The van der Waals surface area contributed by atoms with Gasteiger partial charge in [0.05, 0.1) is 10.7 Å². The molecule has 1 aromatic carbocycles. The first-order chi connectivity index (χ1) is 8.69. The molecule has 0 amide bonds. The number of aryl methyl sites for hydroxylation is 1. The van der Waals surface area contributed by atoms with Crippen molar-refractivity contribution in [1.29, 1.82) is 0 Å². The summed E-state index contributed by atoms with van der Waals surface area (Å²) in [5.41, 5.74) is 1.89. The van der Waals surface area contributed by atoms with Gasteiger partial charge < -0.3 is 0 Å². The zero-order valence-corrected chi connectivity index (χ0v) is 12.1. The maximum Gasteiger partial charge on any atom is 0.159 e. The molecule has 2 rings (SSSR count). The molecular weight excluding hydrogens is 262 g/mol. The second-order valence-corrected chi connectivity index (χ2v) is 5.95. The van der Waals surface area contributed by atoms with E-state index in [2.05, 4.69) is 17.3 Å². The summed E-state index contributed by atoms with van der Waals surface area (Å²) in [5.74, 6) is 0.970. The van der Waals surface area contributed by atoms with Crippen LogP contribution in [0, 0.1) is 0 Å². The molecule has 1 heterocycles. The SMILES string of the molecule is CCc1nc(CSc2cccc(C(C)=O)c2)cs1. The Morgan fingerprint density at radius 1 is 1.44 bits per heavy atom. The normalized spacial score (nSPS) is 10.6. The number of carbonyl (C=O) groups is 1. The van der Waals surface area contributed by atoms with E-state index in [1.807, 2.05) is 24.3 Å². The molecule has 0 aliphatic carbocycles. The molecule has 0 spiro atoms. The lowest BCUT2D eigenvalue weighted by Crippen LogP contribution is -1.91. The van der Waals surface area contributed by atoms with Crippen molar-refractivity contribution in [3.05, 3.63) is 45.9 Å². The lowest BCUT2D eigenvalue weighted by Gasteiger charge is -2.01. The van der Waals surface area contributed by atoms with Gasteiger partial charge in [0.1, 0.15) is 0 Å². The summed E-state index contributed by atoms with van der Waals surface area (Å²) in [6.45, 7) is 3.71. The largest absolute Gasteiger partial charge is 0.295 e. The van der Waals surface area contributed by atoms with Crippen LogP contribution in [0.1, 0.15) is 34.9 Å². The second-order valence-electron chi connectivity index (χ2n) is 3.96. The van der Waals surface area contributed by atoms with Crippen LogP contribution in [0.15, 0.2) is 34.5 Å². The van der Waals surface area contributed by atoms with Crippen LogP contribution in [0.5, 0.6) is 0 Å². The van der Waals surface area contributed by atoms with Crippen LogP contribution in [-0.2, 0) is 12.2 Å². The van der Waals surface area contributed by atoms with E-state index in [0.29, 0.717) is 0 Å². The third-order valence-corrected chi connectivity index (χ3v) is 4.60. The molecule has 0 bridgehead atoms. The van der Waals surface area contributed by atoms with E-state index in [4.69, 9.17) is 0 Å². The minimum absolute atomic E-state index is 0.111. The molecular formula is C14H15NOS2. The van der Waals surface area contributed by atoms with Gasteiger partial charge in [-0.05, 0) is 25.5 Å². The number of ketones is 1. The molecule has 0 unspecified atom stereocenters. The van der Waals surface area contributed by atoms with Gasteiger partial charge in [-0.15, -0.1) is 23.1 Å². The zero-order valence-electron chi connectivity index (χ0n) is 10.5. The topological polar surface area (TPSA) is 30.0 Å². The quantitative estimate of drug-likeness (QED) is 0.606. The molecule has 0 aliphatic rings. The minimum Gasteiger partial charge on any atom is -0.295 e. The van der Waals surface area contributed by atoms with Gasteiger partial charge in [-0.1, -0.05) is 19.1 Å². The number of aromatic nitrogens is 1. The van der Waals surface area contributed by atoms with E-state index >= 15 is 0 Å². The number of carbonyl (C=O) groups excluding carboxylic acids is 1. The van der Waals surface area contributed by atoms with Crippen molar-refractivity contribution in [2.24, 2.45) is 0 Å². The predicted octanol–water partition coefficient (Wildman–Crippen LogP) is 4.20. The number of thiazole rings is 1. The first kappa shape index (κ1) is 13.3. The summed E-state index contributed by atoms with van der Waals surface area (Å²) in [6.07, 6.45) is 0.995. The van der Waals surface area contributed by atoms with Crippen molar-refractivity contribution in [3.8, 4) is 0 Å². The summed E-state index contributed by atoms with van der Waals surface area (Å²) in [4.78, 5) is 16.9. The van der Waals surface area contributed by atoms with Crippen LogP contribution in [0.25, 0.3) is 0 Å². The molecule has 2 nitrogen and oxygen atoms in total. The molecule has 0 saturated heterocycles. The van der Waals surface area contributed by atoms with Crippen LogP contribution >= 0.6 is 23.1 Å². The Morgan fingerprint density at radius 3 is 2.94 bits per heavy atom. The average Bonchev–Trinajstić information content (AvgIpc) is 2.84. The Morgan fingerprint density at radius 2 is 2.28 bits per heavy atom. The van der Waals surface area contributed by atoms with Crippen LogP contribution < -0.4 is 0 Å². The van der Waals surface area contributed by atoms with E-state index < -0.39 is 0 Å². The highest BCUT2D eigenvalue weighted by Gasteiger charge is 2.04. The fourth-order valence-electron chi connectivity index (χ4n) is 1.54. The Bertz CT molecular complexity index is 548. The summed E-state index contributed by atoms with van der Waals surface area (Å²) in [5, 5.41) is 3.30. The number of thioether (sulfide) groups is 1. The van der Waals surface area contributed by atoms with E-state index in [-0.39, 0.29) is 5.78 Å². The molecule has 94 valence electrons. The van der Waals surface area contributed by atoms with Crippen molar-refractivity contribution < 1.29 is 4.79 Å². The number of rotatable bonds is 5. The number of hydrogen-bond donors (Lipinski definition) is 0. The fourth-order valence-corrected chi connectivity index (χ4v) is 3.24. The number of Topliss-reactive ketones (excluding diaryl/α,β-unsaturated/α-hetero) is 1. The van der Waals surface area contributed by atoms with Gasteiger partial charge >= 0.3 is 0 Å². The summed E-state index contributed by atoms with van der Waals surface area (Å²) >= 11 is 3.44. The Labute approximate surface area is 115 Å². The first-order valence-corrected chi connectivity index (χ1v) is 7.72. The Kier molecular flexibility index (Phi) is 4.55. The number of hydrogen-bond acceptors (Lipinski definition) is 4. The van der Waals surface area contributed by atoms with Gasteiger partial charge in [-0.2, -0.15) is 0 Å². The highest BCUT2D eigenvalue weighted by atomic mass is 32.2. The predicted molar refractivity (Wildman–Crippen MR) is 77.5 cm³/mol. The molecule has 4 heteroatoms. The molecule has 0 atom stereocenters. The van der Waals surface area contributed by atoms with Gasteiger partial charge in [0, 0.05) is 21.6 Å². The van der Waals surface area contributed by atoms with Crippen LogP contribution in [-0.4, -0.2) is 10.8 Å². The van der Waals surface area contributed by atoms with Crippen molar-refractivity contribution >= 4 is 28.9 Å². The third kappa shape index (κ3) is 3.43. The van der Waals surface area contributed by atoms with Crippen LogP contribution in [0.4, 0.5) is 0 Å². The fraction of sp³-hybridized carbons (Fsp3) is 0.286. The van der Waals surface area contributed by atoms with Crippen molar-refractivity contribution in [1.82, 2.24) is 4.98 Å². The lowest BCUT2D eigenvalue weighted by molar-refractivity contribution is 0.101. The van der Waals surface area contributed by atoms with E-state index in [0.717, 1.165) is 28.3 Å². The van der Waals surface area contributed by atoms with Crippen molar-refractivity contribution in [3.63, 3.8) is 0 Å². The third-order valence-electron chi connectivity index (χ3n) is 2.53. The Hall–Kier alpha value is -1.13. The molecule has 0 N–H and O–H groups in total. The first-order valence-electron chi connectivity index (χ1n) is 5.86. The standard InChI is InChI=1S/C14H15NOS2/c1-3-14-15-12(9-18-14)8-17-13-6-4-5-11(7-13)10(2)16/h4-7,9H,3,8H2,1-2H3. The number of nitrogens with zero attached hydrogens (tertiary/aromatic N) is 1. The second kappa shape index (κ2) is 6.16. The summed E-state index contributed by atoms with van der Waals surface area (Å²) in [6, 6.07) is 7.76. The monoisotopic (exact) mass is 277 g/mol. The highest BCUT2D eigenvalue weighted by molar-refractivity contribution is 7.98. The summed E-state index contributed by atoms with van der Waals surface area (Å²) < 4.78 is 0. The molecule has 0 fully saturated rings. The van der Waals surface area contributed by atoms with Gasteiger partial charge in [0.15, 0.2) is 5.78 Å². The molecule has 0 radical (unpaired) electrons. The van der Waals surface area contributed by atoms with E-state index in [9.17, 15) is 4.79 Å². The average molecular weight is 277 g/mol. The molecule has 0 aliphatic heterocycles. The summed E-state index contributed by atoms with van der Waals surface area (Å²) in [7, 11) is 0. The maximum absolute atomic E-state index is 11.3. The van der Waals surface area contributed by atoms with E-state index in [1.165, 1.54) is 5.01 Å². The highest BCUT2D eigenvalue weighted by Crippen LogP contribution is 2.24. The van der Waals surface area contributed by atoms with Crippen LogP contribution in [0.2, 0.25) is 0 Å². The van der Waals surface area contributed by atoms with Gasteiger partial charge in [0.2, 0.25) is 0 Å². The Balaban J connectivity index is 2.01. The smallest absolute Gasteiger partial charge is 0.159 e. The molecule has 2 aromatic rings. The van der Waals surface area contributed by atoms with Crippen LogP contribution in [0.3, 0.4) is 0 Å². The van der Waals surface area contributed by atoms with Crippen molar-refractivity contribution in [2.75, 3.05) is 0 Å². The molecule has 1 aromatic heterocycles. The van der Waals surface area contributed by atoms with Gasteiger partial charge in [-0.25, -0.2) is 4.98 Å².